The predicted molar refractivity (Wildman–Crippen MR) is 81.4 cm³/mol. The maximum Gasteiger partial charge on any atom is 0.0552 e. The van der Waals surface area contributed by atoms with Crippen LogP contribution < -0.4 is 0 Å². The van der Waals surface area contributed by atoms with Crippen LogP contribution in [0.25, 0.3) is 10.4 Å². The highest BCUT2D eigenvalue weighted by Gasteiger charge is 2.04. The van der Waals surface area contributed by atoms with Crippen molar-refractivity contribution in [3.8, 4) is 10.4 Å². The standard InChI is InChI=1S/C17H15NS/c1-3-7-14(8-4-1)11-12-16-13-17(19-18-16)15-9-5-2-6-10-15/h1-10,13H,11-12H2. The van der Waals surface area contributed by atoms with E-state index >= 15 is 0 Å². The monoisotopic (exact) mass is 265 g/mol. The summed E-state index contributed by atoms with van der Waals surface area (Å²) in [6.07, 6.45) is 2.06. The summed E-state index contributed by atoms with van der Waals surface area (Å²) in [6.45, 7) is 0. The summed E-state index contributed by atoms with van der Waals surface area (Å²) in [4.78, 5) is 1.25. The van der Waals surface area contributed by atoms with E-state index < -0.39 is 0 Å². The zero-order valence-corrected chi connectivity index (χ0v) is 11.4. The zero-order valence-electron chi connectivity index (χ0n) is 10.6. The van der Waals surface area contributed by atoms with Gasteiger partial charge < -0.3 is 0 Å². The zero-order chi connectivity index (χ0) is 12.9. The van der Waals surface area contributed by atoms with Gasteiger partial charge in [-0.15, -0.1) is 0 Å². The molecule has 0 bridgehead atoms. The summed E-state index contributed by atoms with van der Waals surface area (Å²) in [5.41, 5.74) is 3.82. The molecule has 1 heterocycles. The predicted octanol–water partition coefficient (Wildman–Crippen LogP) is 4.60. The molecule has 0 unspecified atom stereocenters. The molecule has 1 nitrogen and oxygen atoms in total. The Hall–Kier alpha value is -1.93. The highest BCUT2D eigenvalue weighted by Crippen LogP contribution is 2.24. The molecule has 3 aromatic rings. The third-order valence-corrected chi connectivity index (χ3v) is 4.01. The first-order valence-corrected chi connectivity index (χ1v) is 7.24. The first-order valence-electron chi connectivity index (χ1n) is 6.47. The quantitative estimate of drug-likeness (QED) is 0.672. The lowest BCUT2D eigenvalue weighted by Gasteiger charge is -1.98. The second-order valence-electron chi connectivity index (χ2n) is 4.53. The molecular weight excluding hydrogens is 250 g/mol. The average molecular weight is 265 g/mol. The SMILES string of the molecule is c1ccc(CCc2cc(-c3ccccc3)sn2)cc1. The summed E-state index contributed by atoms with van der Waals surface area (Å²) >= 11 is 1.59. The van der Waals surface area contributed by atoms with E-state index in [0.29, 0.717) is 0 Å². The van der Waals surface area contributed by atoms with E-state index in [1.54, 1.807) is 11.5 Å². The van der Waals surface area contributed by atoms with E-state index in [0.717, 1.165) is 12.8 Å². The second kappa shape index (κ2) is 5.81. The van der Waals surface area contributed by atoms with Crippen LogP contribution >= 0.6 is 11.5 Å². The molecule has 19 heavy (non-hydrogen) atoms. The highest BCUT2D eigenvalue weighted by molar-refractivity contribution is 7.09. The molecular formula is C17H15NS. The van der Waals surface area contributed by atoms with Gasteiger partial charge in [-0.3, -0.25) is 0 Å². The summed E-state index contributed by atoms with van der Waals surface area (Å²) in [7, 11) is 0. The van der Waals surface area contributed by atoms with Crippen LogP contribution in [0.15, 0.2) is 66.7 Å². The fraction of sp³-hybridized carbons (Fsp3) is 0.118. The van der Waals surface area contributed by atoms with Gasteiger partial charge in [0.05, 0.1) is 10.6 Å². The molecule has 2 aromatic carbocycles. The van der Waals surface area contributed by atoms with Crippen molar-refractivity contribution in [1.82, 2.24) is 4.37 Å². The Kier molecular flexibility index (Phi) is 3.70. The molecule has 0 aliphatic carbocycles. The fourth-order valence-corrected chi connectivity index (χ4v) is 2.88. The van der Waals surface area contributed by atoms with Crippen LogP contribution in [-0.2, 0) is 12.8 Å². The van der Waals surface area contributed by atoms with Gasteiger partial charge in [0.15, 0.2) is 0 Å². The van der Waals surface area contributed by atoms with Crippen molar-refractivity contribution >= 4 is 11.5 Å². The van der Waals surface area contributed by atoms with Gasteiger partial charge >= 0.3 is 0 Å². The summed E-state index contributed by atoms with van der Waals surface area (Å²) in [5, 5.41) is 0. The van der Waals surface area contributed by atoms with Crippen LogP contribution in [0.1, 0.15) is 11.3 Å². The highest BCUT2D eigenvalue weighted by atomic mass is 32.1. The smallest absolute Gasteiger partial charge is 0.0552 e. The van der Waals surface area contributed by atoms with Gasteiger partial charge in [-0.1, -0.05) is 60.7 Å². The van der Waals surface area contributed by atoms with Crippen molar-refractivity contribution in [2.24, 2.45) is 0 Å². The summed E-state index contributed by atoms with van der Waals surface area (Å²) in [5.74, 6) is 0. The van der Waals surface area contributed by atoms with Crippen molar-refractivity contribution in [1.29, 1.82) is 0 Å². The molecule has 0 amide bonds. The third-order valence-electron chi connectivity index (χ3n) is 3.13. The maximum atomic E-state index is 4.55. The molecule has 0 aliphatic rings. The fourth-order valence-electron chi connectivity index (χ4n) is 2.09. The number of hydrogen-bond acceptors (Lipinski definition) is 2. The lowest BCUT2D eigenvalue weighted by atomic mass is 10.1. The lowest BCUT2D eigenvalue weighted by molar-refractivity contribution is 0.935. The number of benzene rings is 2. The number of hydrogen-bond donors (Lipinski definition) is 0. The van der Waals surface area contributed by atoms with E-state index in [4.69, 9.17) is 0 Å². The van der Waals surface area contributed by atoms with Crippen molar-refractivity contribution in [2.45, 2.75) is 12.8 Å². The molecule has 1 aromatic heterocycles. The van der Waals surface area contributed by atoms with Gasteiger partial charge in [-0.25, -0.2) is 0 Å². The lowest BCUT2D eigenvalue weighted by Crippen LogP contribution is -1.90. The van der Waals surface area contributed by atoms with Gasteiger partial charge in [-0.2, -0.15) is 4.37 Å². The topological polar surface area (TPSA) is 12.9 Å². The Morgan fingerprint density at radius 3 is 2.21 bits per heavy atom. The molecule has 0 spiro atoms. The Labute approximate surface area is 117 Å². The van der Waals surface area contributed by atoms with E-state index in [2.05, 4.69) is 65.0 Å². The molecule has 0 saturated carbocycles. The number of aryl methyl sites for hydroxylation is 2. The molecule has 94 valence electrons. The minimum Gasteiger partial charge on any atom is -0.197 e. The maximum absolute atomic E-state index is 4.55. The normalized spacial score (nSPS) is 10.5. The van der Waals surface area contributed by atoms with Crippen LogP contribution in [0.5, 0.6) is 0 Å². The molecule has 0 atom stereocenters. The largest absolute Gasteiger partial charge is 0.197 e. The first kappa shape index (κ1) is 12.1. The van der Waals surface area contributed by atoms with Gasteiger partial charge in [0.25, 0.3) is 0 Å². The Balaban J connectivity index is 1.69. The molecule has 0 aliphatic heterocycles. The van der Waals surface area contributed by atoms with E-state index in [1.807, 2.05) is 6.07 Å². The van der Waals surface area contributed by atoms with Crippen molar-refractivity contribution in [3.05, 3.63) is 78.0 Å². The number of nitrogens with zero attached hydrogens (tertiary/aromatic N) is 1. The van der Waals surface area contributed by atoms with Crippen LogP contribution in [-0.4, -0.2) is 4.37 Å². The van der Waals surface area contributed by atoms with E-state index in [9.17, 15) is 0 Å². The molecule has 2 heteroatoms. The first-order chi connectivity index (χ1) is 9.42. The van der Waals surface area contributed by atoms with Crippen LogP contribution in [0.2, 0.25) is 0 Å². The number of rotatable bonds is 4. The van der Waals surface area contributed by atoms with E-state index in [-0.39, 0.29) is 0 Å². The van der Waals surface area contributed by atoms with Gasteiger partial charge in [0.2, 0.25) is 0 Å². The summed E-state index contributed by atoms with van der Waals surface area (Å²) < 4.78 is 4.55. The molecule has 0 radical (unpaired) electrons. The molecule has 0 saturated heterocycles. The third kappa shape index (κ3) is 3.09. The molecule has 3 rings (SSSR count). The van der Waals surface area contributed by atoms with E-state index in [1.165, 1.54) is 21.7 Å². The van der Waals surface area contributed by atoms with Crippen molar-refractivity contribution < 1.29 is 0 Å². The van der Waals surface area contributed by atoms with Crippen molar-refractivity contribution in [2.75, 3.05) is 0 Å². The van der Waals surface area contributed by atoms with Crippen molar-refractivity contribution in [3.63, 3.8) is 0 Å². The van der Waals surface area contributed by atoms with Gasteiger partial charge in [-0.05, 0) is 41.6 Å². The van der Waals surface area contributed by atoms with Crippen LogP contribution in [0, 0.1) is 0 Å². The Morgan fingerprint density at radius 1 is 0.789 bits per heavy atom. The van der Waals surface area contributed by atoms with Gasteiger partial charge in [0, 0.05) is 0 Å². The summed E-state index contributed by atoms with van der Waals surface area (Å²) in [6, 6.07) is 23.2. The second-order valence-corrected chi connectivity index (χ2v) is 5.34. The average Bonchev–Trinajstić information content (AvgIpc) is 2.96. The minimum atomic E-state index is 1.01. The number of aromatic nitrogens is 1. The minimum absolute atomic E-state index is 1.01. The van der Waals surface area contributed by atoms with Crippen LogP contribution in [0.3, 0.4) is 0 Å². The molecule has 0 fully saturated rings. The van der Waals surface area contributed by atoms with Crippen LogP contribution in [0.4, 0.5) is 0 Å². The Morgan fingerprint density at radius 2 is 1.47 bits per heavy atom. The molecule has 0 N–H and O–H groups in total. The van der Waals surface area contributed by atoms with Gasteiger partial charge in [0.1, 0.15) is 0 Å². The Bertz CT molecular complexity index is 629.